The van der Waals surface area contributed by atoms with Gasteiger partial charge in [0.1, 0.15) is 0 Å². The average molecular weight is 294 g/mol. The predicted molar refractivity (Wildman–Crippen MR) is 80.8 cm³/mol. The van der Waals surface area contributed by atoms with E-state index in [4.69, 9.17) is 11.6 Å². The van der Waals surface area contributed by atoms with Gasteiger partial charge >= 0.3 is 0 Å². The molecule has 1 aromatic heterocycles. The van der Waals surface area contributed by atoms with E-state index in [-0.39, 0.29) is 12.1 Å². The number of aromatic nitrogens is 2. The van der Waals surface area contributed by atoms with Crippen LogP contribution in [0.25, 0.3) is 0 Å². The summed E-state index contributed by atoms with van der Waals surface area (Å²) in [5.74, 6) is 0. The number of aliphatic hydroxyl groups excluding tert-OH is 1. The molecule has 0 bridgehead atoms. The van der Waals surface area contributed by atoms with Gasteiger partial charge in [-0.25, -0.2) is 0 Å². The van der Waals surface area contributed by atoms with Crippen LogP contribution < -0.4 is 5.32 Å². The van der Waals surface area contributed by atoms with Crippen LogP contribution in [0.15, 0.2) is 42.7 Å². The fourth-order valence-electron chi connectivity index (χ4n) is 2.07. The molecule has 0 spiro atoms. The molecule has 1 heterocycles. The lowest BCUT2D eigenvalue weighted by molar-refractivity contribution is 0.166. The number of nitrogens with zero attached hydrogens (tertiary/aromatic N) is 2. The Balaban J connectivity index is 1.90. The van der Waals surface area contributed by atoms with Gasteiger partial charge in [-0.3, -0.25) is 4.68 Å². The fourth-order valence-corrected chi connectivity index (χ4v) is 2.34. The van der Waals surface area contributed by atoms with Crippen molar-refractivity contribution < 1.29 is 5.11 Å². The van der Waals surface area contributed by atoms with Gasteiger partial charge < -0.3 is 10.4 Å². The number of halogens is 1. The third kappa shape index (κ3) is 3.60. The molecular formula is C15H20ClN3O. The summed E-state index contributed by atoms with van der Waals surface area (Å²) in [7, 11) is 0. The van der Waals surface area contributed by atoms with E-state index in [1.54, 1.807) is 12.3 Å². The van der Waals surface area contributed by atoms with Gasteiger partial charge in [-0.2, -0.15) is 5.10 Å². The lowest BCUT2D eigenvalue weighted by Crippen LogP contribution is -2.36. The van der Waals surface area contributed by atoms with Gasteiger partial charge in [-0.1, -0.05) is 29.8 Å². The second-order valence-electron chi connectivity index (χ2n) is 4.96. The fraction of sp³-hybridized carbons (Fsp3) is 0.400. The molecule has 2 aromatic rings. The quantitative estimate of drug-likeness (QED) is 0.861. The summed E-state index contributed by atoms with van der Waals surface area (Å²) in [6.45, 7) is 4.62. The summed E-state index contributed by atoms with van der Waals surface area (Å²) >= 11 is 6.08. The molecule has 0 aliphatic heterocycles. The van der Waals surface area contributed by atoms with Gasteiger partial charge in [0.2, 0.25) is 0 Å². The average Bonchev–Trinajstić information content (AvgIpc) is 2.98. The maximum Gasteiger partial charge on any atom is 0.0928 e. The summed E-state index contributed by atoms with van der Waals surface area (Å²) in [5, 5.41) is 18.3. The first-order valence-corrected chi connectivity index (χ1v) is 7.12. The van der Waals surface area contributed by atoms with Gasteiger partial charge in [-0.05, 0) is 26.0 Å². The summed E-state index contributed by atoms with van der Waals surface area (Å²) < 4.78 is 1.90. The van der Waals surface area contributed by atoms with Crippen molar-refractivity contribution >= 4 is 11.6 Å². The van der Waals surface area contributed by atoms with E-state index in [1.807, 2.05) is 35.1 Å². The second kappa shape index (κ2) is 6.88. The maximum absolute atomic E-state index is 10.2. The van der Waals surface area contributed by atoms with E-state index < -0.39 is 6.10 Å². The van der Waals surface area contributed by atoms with Crippen LogP contribution in [0.1, 0.15) is 31.6 Å². The highest BCUT2D eigenvalue weighted by Gasteiger charge is 2.16. The Bertz CT molecular complexity index is 530. The molecule has 0 saturated heterocycles. The second-order valence-corrected chi connectivity index (χ2v) is 5.37. The Labute approximate surface area is 124 Å². The van der Waals surface area contributed by atoms with E-state index in [0.29, 0.717) is 11.6 Å². The molecule has 20 heavy (non-hydrogen) atoms. The molecule has 1 aromatic carbocycles. The van der Waals surface area contributed by atoms with Crippen LogP contribution in [0.3, 0.4) is 0 Å². The Morgan fingerprint density at radius 2 is 2.05 bits per heavy atom. The van der Waals surface area contributed by atoms with Crippen molar-refractivity contribution in [3.05, 3.63) is 53.3 Å². The molecule has 3 atom stereocenters. The lowest BCUT2D eigenvalue weighted by atomic mass is 10.1. The van der Waals surface area contributed by atoms with Crippen LogP contribution in [0.5, 0.6) is 0 Å². The highest BCUT2D eigenvalue weighted by molar-refractivity contribution is 6.31. The van der Waals surface area contributed by atoms with Crippen LogP contribution in [-0.4, -0.2) is 27.5 Å². The zero-order chi connectivity index (χ0) is 14.5. The summed E-state index contributed by atoms with van der Waals surface area (Å²) in [6, 6.07) is 9.67. The highest BCUT2D eigenvalue weighted by atomic mass is 35.5. The lowest BCUT2D eigenvalue weighted by Gasteiger charge is -2.23. The minimum atomic E-state index is -0.615. The van der Waals surface area contributed by atoms with E-state index in [2.05, 4.69) is 24.3 Å². The predicted octanol–water partition coefficient (Wildman–Crippen LogP) is 2.81. The third-order valence-electron chi connectivity index (χ3n) is 3.56. The SMILES string of the molecule is C[C@H](NC[C@H](O)c1ccccc1Cl)[C@H](C)n1cccn1. The van der Waals surface area contributed by atoms with Crippen molar-refractivity contribution in [1.82, 2.24) is 15.1 Å². The number of hydrogen-bond acceptors (Lipinski definition) is 3. The molecule has 0 saturated carbocycles. The van der Waals surface area contributed by atoms with Crippen LogP contribution in [0, 0.1) is 0 Å². The minimum absolute atomic E-state index is 0.187. The molecule has 2 N–H and O–H groups in total. The van der Waals surface area contributed by atoms with Crippen molar-refractivity contribution in [2.24, 2.45) is 0 Å². The number of benzene rings is 1. The van der Waals surface area contributed by atoms with Gasteiger partial charge in [0.05, 0.1) is 12.1 Å². The summed E-state index contributed by atoms with van der Waals surface area (Å²) in [4.78, 5) is 0. The van der Waals surface area contributed by atoms with Crippen molar-refractivity contribution in [3.8, 4) is 0 Å². The molecule has 0 unspecified atom stereocenters. The highest BCUT2D eigenvalue weighted by Crippen LogP contribution is 2.22. The zero-order valence-corrected chi connectivity index (χ0v) is 12.5. The molecule has 0 aliphatic carbocycles. The van der Waals surface area contributed by atoms with Crippen molar-refractivity contribution in [1.29, 1.82) is 0 Å². The van der Waals surface area contributed by atoms with Gasteiger partial charge in [0, 0.05) is 35.6 Å². The minimum Gasteiger partial charge on any atom is -0.387 e. The topological polar surface area (TPSA) is 50.1 Å². The van der Waals surface area contributed by atoms with Crippen LogP contribution in [-0.2, 0) is 0 Å². The smallest absolute Gasteiger partial charge is 0.0928 e. The van der Waals surface area contributed by atoms with Gasteiger partial charge in [0.15, 0.2) is 0 Å². The van der Waals surface area contributed by atoms with Crippen molar-refractivity contribution in [2.75, 3.05) is 6.54 Å². The maximum atomic E-state index is 10.2. The molecule has 0 radical (unpaired) electrons. The molecule has 4 nitrogen and oxygen atoms in total. The van der Waals surface area contributed by atoms with Crippen LogP contribution in [0.2, 0.25) is 5.02 Å². The molecule has 2 rings (SSSR count). The third-order valence-corrected chi connectivity index (χ3v) is 3.91. The standard InChI is InChI=1S/C15H20ClN3O/c1-11(12(2)19-9-5-8-18-19)17-10-15(20)13-6-3-4-7-14(13)16/h3-9,11-12,15,17,20H,10H2,1-2H3/t11-,12-,15-/m0/s1. The van der Waals surface area contributed by atoms with E-state index in [1.165, 1.54) is 0 Å². The molecule has 0 amide bonds. The largest absolute Gasteiger partial charge is 0.387 e. The van der Waals surface area contributed by atoms with Crippen LogP contribution >= 0.6 is 11.6 Å². The summed E-state index contributed by atoms with van der Waals surface area (Å²) in [6.07, 6.45) is 3.09. The van der Waals surface area contributed by atoms with E-state index in [0.717, 1.165) is 5.56 Å². The Hall–Kier alpha value is -1.36. The number of nitrogens with one attached hydrogen (secondary N) is 1. The number of aliphatic hydroxyl groups is 1. The molecule has 5 heteroatoms. The monoisotopic (exact) mass is 293 g/mol. The van der Waals surface area contributed by atoms with E-state index in [9.17, 15) is 5.11 Å². The zero-order valence-electron chi connectivity index (χ0n) is 11.7. The normalized spacial score (nSPS) is 15.8. The Morgan fingerprint density at radius 1 is 1.30 bits per heavy atom. The Kier molecular flexibility index (Phi) is 5.17. The van der Waals surface area contributed by atoms with Crippen molar-refractivity contribution in [2.45, 2.75) is 32.0 Å². The first kappa shape index (κ1) is 15.0. The number of rotatable bonds is 6. The van der Waals surface area contributed by atoms with Crippen LogP contribution in [0.4, 0.5) is 0 Å². The first-order valence-electron chi connectivity index (χ1n) is 6.74. The first-order chi connectivity index (χ1) is 9.59. The van der Waals surface area contributed by atoms with Crippen molar-refractivity contribution in [3.63, 3.8) is 0 Å². The summed E-state index contributed by atoms with van der Waals surface area (Å²) in [5.41, 5.74) is 0.751. The molecule has 0 aliphatic rings. The van der Waals surface area contributed by atoms with Gasteiger partial charge in [0.25, 0.3) is 0 Å². The van der Waals surface area contributed by atoms with Gasteiger partial charge in [-0.15, -0.1) is 0 Å². The molecular weight excluding hydrogens is 274 g/mol. The molecule has 0 fully saturated rings. The molecule has 108 valence electrons. The Morgan fingerprint density at radius 3 is 2.70 bits per heavy atom. The number of hydrogen-bond donors (Lipinski definition) is 2. The van der Waals surface area contributed by atoms with E-state index >= 15 is 0 Å².